The molecule has 1 aliphatic rings. The van der Waals surface area contributed by atoms with Crippen molar-refractivity contribution in [1.29, 1.82) is 0 Å². The van der Waals surface area contributed by atoms with Gasteiger partial charge in [-0.2, -0.15) is 0 Å². The molecule has 0 saturated carbocycles. The molecule has 2 aromatic rings. The monoisotopic (exact) mass is 353 g/mol. The number of methoxy groups -OCH3 is 1. The first-order chi connectivity index (χ1) is 12.2. The average Bonchev–Trinajstić information content (AvgIpc) is 2.85. The lowest BCUT2D eigenvalue weighted by atomic mass is 9.89. The second-order valence-corrected chi connectivity index (χ2v) is 7.37. The molecule has 0 radical (unpaired) electrons. The van der Waals surface area contributed by atoms with Crippen molar-refractivity contribution < 1.29 is 19.1 Å². The summed E-state index contributed by atoms with van der Waals surface area (Å²) in [4.78, 5) is 27.0. The molecule has 0 N–H and O–H groups in total. The number of fused-ring (bicyclic) bond motifs is 1. The fraction of sp³-hybridized carbons (Fsp3) is 0.333. The van der Waals surface area contributed by atoms with Crippen LogP contribution in [-0.2, 0) is 9.53 Å². The van der Waals surface area contributed by atoms with Gasteiger partial charge in [-0.25, -0.2) is 9.69 Å². The van der Waals surface area contributed by atoms with Gasteiger partial charge in [0.1, 0.15) is 11.4 Å². The molecule has 2 aromatic carbocycles. The van der Waals surface area contributed by atoms with Crippen LogP contribution in [-0.4, -0.2) is 24.7 Å². The Morgan fingerprint density at radius 1 is 1.08 bits per heavy atom. The summed E-state index contributed by atoms with van der Waals surface area (Å²) in [6.45, 7) is 7.28. The van der Waals surface area contributed by atoms with E-state index in [1.807, 2.05) is 43.3 Å². The maximum Gasteiger partial charge on any atom is 0.421 e. The number of amides is 2. The summed E-state index contributed by atoms with van der Waals surface area (Å²) < 4.78 is 10.7. The SMILES string of the molecule is COc1ccc(C2C(=O)N(C(=O)OC(C)(C)C)c3ccccc32)c(C)c1. The van der Waals surface area contributed by atoms with Crippen molar-refractivity contribution in [3.8, 4) is 5.75 Å². The molecular weight excluding hydrogens is 330 g/mol. The first kappa shape index (κ1) is 18.0. The highest BCUT2D eigenvalue weighted by molar-refractivity contribution is 6.20. The molecule has 5 nitrogen and oxygen atoms in total. The van der Waals surface area contributed by atoms with E-state index in [0.29, 0.717) is 5.69 Å². The molecule has 0 aromatic heterocycles. The maximum absolute atomic E-state index is 13.2. The summed E-state index contributed by atoms with van der Waals surface area (Å²) in [7, 11) is 1.61. The Morgan fingerprint density at radius 2 is 1.77 bits per heavy atom. The Hall–Kier alpha value is -2.82. The fourth-order valence-electron chi connectivity index (χ4n) is 3.21. The zero-order chi connectivity index (χ0) is 19.1. The van der Waals surface area contributed by atoms with Crippen LogP contribution in [0.15, 0.2) is 42.5 Å². The average molecular weight is 353 g/mol. The molecule has 136 valence electrons. The highest BCUT2D eigenvalue weighted by Crippen LogP contribution is 2.43. The zero-order valence-electron chi connectivity index (χ0n) is 15.7. The number of ether oxygens (including phenoxy) is 2. The van der Waals surface area contributed by atoms with Crippen LogP contribution < -0.4 is 9.64 Å². The van der Waals surface area contributed by atoms with Crippen molar-refractivity contribution in [2.75, 3.05) is 12.0 Å². The standard InChI is InChI=1S/C21H23NO4/c1-13-12-14(25-5)10-11-15(13)18-16-8-6-7-9-17(16)22(19(18)23)20(24)26-21(2,3)4/h6-12,18H,1-5H3. The number of rotatable bonds is 2. The van der Waals surface area contributed by atoms with Gasteiger partial charge in [-0.15, -0.1) is 0 Å². The van der Waals surface area contributed by atoms with Crippen molar-refractivity contribution in [3.05, 3.63) is 59.2 Å². The lowest BCUT2D eigenvalue weighted by Crippen LogP contribution is -2.39. The molecule has 1 aliphatic heterocycles. The number of carbonyl (C=O) groups excluding carboxylic acids is 2. The lowest BCUT2D eigenvalue weighted by molar-refractivity contribution is -0.118. The number of aryl methyl sites for hydroxylation is 1. The van der Waals surface area contributed by atoms with Gasteiger partial charge in [0, 0.05) is 0 Å². The normalized spacial score (nSPS) is 16.4. The molecule has 26 heavy (non-hydrogen) atoms. The number of para-hydroxylation sites is 1. The van der Waals surface area contributed by atoms with Crippen LogP contribution >= 0.6 is 0 Å². The van der Waals surface area contributed by atoms with E-state index in [-0.39, 0.29) is 5.91 Å². The van der Waals surface area contributed by atoms with Gasteiger partial charge in [0.05, 0.1) is 18.7 Å². The predicted octanol–water partition coefficient (Wildman–Crippen LogP) is 4.42. The minimum atomic E-state index is -0.680. The molecule has 1 unspecified atom stereocenters. The summed E-state index contributed by atoms with van der Waals surface area (Å²) in [5, 5.41) is 0. The molecule has 1 atom stereocenters. The number of benzene rings is 2. The molecule has 0 spiro atoms. The molecule has 0 saturated heterocycles. The van der Waals surface area contributed by atoms with Gasteiger partial charge in [-0.1, -0.05) is 24.3 Å². The van der Waals surface area contributed by atoms with Gasteiger partial charge in [0.15, 0.2) is 0 Å². The van der Waals surface area contributed by atoms with Crippen LogP contribution in [0.2, 0.25) is 0 Å². The number of carbonyl (C=O) groups is 2. The van der Waals surface area contributed by atoms with E-state index in [2.05, 4.69) is 0 Å². The highest BCUT2D eigenvalue weighted by Gasteiger charge is 2.43. The third-order valence-electron chi connectivity index (χ3n) is 4.32. The van der Waals surface area contributed by atoms with E-state index in [0.717, 1.165) is 27.3 Å². The van der Waals surface area contributed by atoms with Crippen LogP contribution in [0.5, 0.6) is 5.75 Å². The summed E-state index contributed by atoms with van der Waals surface area (Å²) in [5.41, 5.74) is 2.49. The minimum absolute atomic E-state index is 0.297. The maximum atomic E-state index is 13.2. The number of hydrogen-bond donors (Lipinski definition) is 0. The van der Waals surface area contributed by atoms with E-state index in [1.165, 1.54) is 0 Å². The van der Waals surface area contributed by atoms with E-state index in [4.69, 9.17) is 9.47 Å². The minimum Gasteiger partial charge on any atom is -0.497 e. The molecule has 0 aliphatic carbocycles. The summed E-state index contributed by atoms with van der Waals surface area (Å²) in [5.74, 6) is -0.104. The van der Waals surface area contributed by atoms with Crippen LogP contribution in [0.25, 0.3) is 0 Å². The second-order valence-electron chi connectivity index (χ2n) is 7.37. The van der Waals surface area contributed by atoms with Gasteiger partial charge in [0.2, 0.25) is 5.91 Å². The van der Waals surface area contributed by atoms with Crippen LogP contribution in [0.3, 0.4) is 0 Å². The Labute approximate surface area is 153 Å². The highest BCUT2D eigenvalue weighted by atomic mass is 16.6. The third-order valence-corrected chi connectivity index (χ3v) is 4.32. The van der Waals surface area contributed by atoms with E-state index < -0.39 is 17.6 Å². The first-order valence-electron chi connectivity index (χ1n) is 8.53. The largest absolute Gasteiger partial charge is 0.497 e. The molecule has 5 heteroatoms. The molecule has 1 heterocycles. The number of imide groups is 1. The van der Waals surface area contributed by atoms with Crippen molar-refractivity contribution in [1.82, 2.24) is 0 Å². The Balaban J connectivity index is 2.06. The van der Waals surface area contributed by atoms with Crippen molar-refractivity contribution in [2.24, 2.45) is 0 Å². The van der Waals surface area contributed by atoms with E-state index >= 15 is 0 Å². The number of hydrogen-bond acceptors (Lipinski definition) is 4. The summed E-state index contributed by atoms with van der Waals surface area (Å²) in [6, 6.07) is 12.9. The molecule has 2 amide bonds. The lowest BCUT2D eigenvalue weighted by Gasteiger charge is -2.24. The Bertz CT molecular complexity index is 867. The fourth-order valence-corrected chi connectivity index (χ4v) is 3.21. The smallest absolute Gasteiger partial charge is 0.421 e. The van der Waals surface area contributed by atoms with Gasteiger partial charge in [-0.3, -0.25) is 4.79 Å². The van der Waals surface area contributed by atoms with Gasteiger partial charge in [0.25, 0.3) is 0 Å². The van der Waals surface area contributed by atoms with Crippen molar-refractivity contribution >= 4 is 17.7 Å². The van der Waals surface area contributed by atoms with Crippen molar-refractivity contribution in [3.63, 3.8) is 0 Å². The first-order valence-corrected chi connectivity index (χ1v) is 8.53. The topological polar surface area (TPSA) is 55.8 Å². The van der Waals surface area contributed by atoms with Crippen LogP contribution in [0.1, 0.15) is 43.4 Å². The van der Waals surface area contributed by atoms with Crippen LogP contribution in [0, 0.1) is 6.92 Å². The molecule has 3 rings (SSSR count). The predicted molar refractivity (Wildman–Crippen MR) is 99.7 cm³/mol. The molecule has 0 bridgehead atoms. The zero-order valence-corrected chi connectivity index (χ0v) is 15.7. The van der Waals surface area contributed by atoms with E-state index in [9.17, 15) is 9.59 Å². The Morgan fingerprint density at radius 3 is 2.38 bits per heavy atom. The van der Waals surface area contributed by atoms with E-state index in [1.54, 1.807) is 33.9 Å². The third kappa shape index (κ3) is 3.17. The van der Waals surface area contributed by atoms with Gasteiger partial charge >= 0.3 is 6.09 Å². The Kier molecular flexibility index (Phi) is 4.48. The van der Waals surface area contributed by atoms with Crippen LogP contribution in [0.4, 0.5) is 10.5 Å². The number of nitrogens with zero attached hydrogens (tertiary/aromatic N) is 1. The van der Waals surface area contributed by atoms with Crippen molar-refractivity contribution in [2.45, 2.75) is 39.2 Å². The molecule has 0 fully saturated rings. The van der Waals surface area contributed by atoms with Gasteiger partial charge < -0.3 is 9.47 Å². The number of anilines is 1. The quantitative estimate of drug-likeness (QED) is 0.802. The summed E-state index contributed by atoms with van der Waals surface area (Å²) >= 11 is 0. The van der Waals surface area contributed by atoms with Gasteiger partial charge in [-0.05, 0) is 62.6 Å². The second kappa shape index (κ2) is 6.48. The molecular formula is C21H23NO4. The summed E-state index contributed by atoms with van der Waals surface area (Å²) in [6.07, 6.45) is -0.649.